The van der Waals surface area contributed by atoms with Crippen molar-refractivity contribution < 1.29 is 4.42 Å². The van der Waals surface area contributed by atoms with Gasteiger partial charge in [0.25, 0.3) is 5.56 Å². The molecule has 1 aromatic carbocycles. The molecule has 4 aromatic rings. The molecule has 1 aliphatic rings. The van der Waals surface area contributed by atoms with Crippen LogP contribution in [0.1, 0.15) is 30.3 Å². The summed E-state index contributed by atoms with van der Waals surface area (Å²) in [6.07, 6.45) is 3.64. The second kappa shape index (κ2) is 6.51. The van der Waals surface area contributed by atoms with Gasteiger partial charge in [0.05, 0.1) is 5.69 Å². The first-order valence-corrected chi connectivity index (χ1v) is 9.38. The molecule has 0 saturated carbocycles. The smallest absolute Gasteiger partial charge is 0.272 e. The van der Waals surface area contributed by atoms with Gasteiger partial charge in [0, 0.05) is 35.8 Å². The molecule has 27 heavy (non-hydrogen) atoms. The SMILES string of the molecule is O=c1cc(CN2CCC(c3nc4cc(Cl)ccc4o3)CC2)nc2cc[nH]n12. The number of oxazole rings is 1. The summed E-state index contributed by atoms with van der Waals surface area (Å²) in [6, 6.07) is 8.92. The molecule has 138 valence electrons. The van der Waals surface area contributed by atoms with E-state index in [1.54, 1.807) is 18.3 Å². The normalized spacial score (nSPS) is 16.5. The summed E-state index contributed by atoms with van der Waals surface area (Å²) >= 11 is 6.03. The summed E-state index contributed by atoms with van der Waals surface area (Å²) in [5.41, 5.74) is 2.96. The summed E-state index contributed by atoms with van der Waals surface area (Å²) < 4.78 is 7.36. The van der Waals surface area contributed by atoms with Gasteiger partial charge in [-0.05, 0) is 44.1 Å². The van der Waals surface area contributed by atoms with Gasteiger partial charge in [-0.3, -0.25) is 14.8 Å². The predicted molar refractivity (Wildman–Crippen MR) is 102 cm³/mol. The lowest BCUT2D eigenvalue weighted by Gasteiger charge is -2.30. The van der Waals surface area contributed by atoms with Crippen molar-refractivity contribution >= 4 is 28.3 Å². The lowest BCUT2D eigenvalue weighted by molar-refractivity contribution is 0.192. The Morgan fingerprint density at radius 2 is 2.04 bits per heavy atom. The molecule has 0 spiro atoms. The lowest BCUT2D eigenvalue weighted by Crippen LogP contribution is -2.33. The number of H-pyrrole nitrogens is 1. The number of rotatable bonds is 3. The Morgan fingerprint density at radius 3 is 2.89 bits per heavy atom. The van der Waals surface area contributed by atoms with E-state index >= 15 is 0 Å². The van der Waals surface area contributed by atoms with E-state index in [1.807, 2.05) is 18.2 Å². The molecule has 7 nitrogen and oxygen atoms in total. The van der Waals surface area contributed by atoms with Crippen LogP contribution in [0.5, 0.6) is 0 Å². The summed E-state index contributed by atoms with van der Waals surface area (Å²) in [6.45, 7) is 2.50. The zero-order chi connectivity index (χ0) is 18.4. The van der Waals surface area contributed by atoms with E-state index < -0.39 is 0 Å². The van der Waals surface area contributed by atoms with Crippen LogP contribution in [0.4, 0.5) is 0 Å². The molecule has 1 saturated heterocycles. The minimum Gasteiger partial charge on any atom is -0.440 e. The average Bonchev–Trinajstić information content (AvgIpc) is 3.29. The number of aromatic nitrogens is 4. The zero-order valence-electron chi connectivity index (χ0n) is 14.6. The molecule has 0 bridgehead atoms. The first kappa shape index (κ1) is 16.5. The van der Waals surface area contributed by atoms with Crippen LogP contribution in [0.15, 0.2) is 45.7 Å². The van der Waals surface area contributed by atoms with Gasteiger partial charge in [-0.1, -0.05) is 11.6 Å². The number of nitrogens with zero attached hydrogens (tertiary/aromatic N) is 4. The van der Waals surface area contributed by atoms with Crippen molar-refractivity contribution in [2.45, 2.75) is 25.3 Å². The average molecular weight is 384 g/mol. The number of aromatic amines is 1. The summed E-state index contributed by atoms with van der Waals surface area (Å²) in [5.74, 6) is 1.09. The Balaban J connectivity index is 1.28. The van der Waals surface area contributed by atoms with E-state index in [9.17, 15) is 4.79 Å². The van der Waals surface area contributed by atoms with Gasteiger partial charge >= 0.3 is 0 Å². The van der Waals surface area contributed by atoms with Crippen LogP contribution in [0.25, 0.3) is 16.7 Å². The van der Waals surface area contributed by atoms with Gasteiger partial charge in [-0.25, -0.2) is 14.5 Å². The quantitative estimate of drug-likeness (QED) is 0.587. The minimum absolute atomic E-state index is 0.0833. The van der Waals surface area contributed by atoms with Crippen molar-refractivity contribution in [3.05, 3.63) is 63.5 Å². The molecule has 8 heteroatoms. The maximum absolute atomic E-state index is 12.1. The summed E-state index contributed by atoms with van der Waals surface area (Å²) in [4.78, 5) is 23.6. The van der Waals surface area contributed by atoms with Crippen LogP contribution >= 0.6 is 11.6 Å². The van der Waals surface area contributed by atoms with E-state index in [0.717, 1.165) is 48.6 Å². The molecule has 0 atom stereocenters. The Labute approximate surface area is 159 Å². The number of likely N-dealkylation sites (tertiary alicyclic amines) is 1. The maximum atomic E-state index is 12.1. The first-order chi connectivity index (χ1) is 13.2. The molecule has 3 aromatic heterocycles. The van der Waals surface area contributed by atoms with Gasteiger partial charge in [-0.2, -0.15) is 0 Å². The van der Waals surface area contributed by atoms with E-state index in [1.165, 1.54) is 4.52 Å². The Hall–Kier alpha value is -2.64. The van der Waals surface area contributed by atoms with Crippen molar-refractivity contribution in [3.8, 4) is 0 Å². The molecule has 1 N–H and O–H groups in total. The van der Waals surface area contributed by atoms with Crippen LogP contribution in [-0.4, -0.2) is 37.6 Å². The van der Waals surface area contributed by atoms with Crippen molar-refractivity contribution in [2.75, 3.05) is 13.1 Å². The van der Waals surface area contributed by atoms with E-state index in [0.29, 0.717) is 23.1 Å². The van der Waals surface area contributed by atoms with Crippen molar-refractivity contribution in [1.29, 1.82) is 0 Å². The fourth-order valence-electron chi connectivity index (χ4n) is 3.72. The predicted octanol–water partition coefficient (Wildman–Crippen LogP) is 3.20. The third-order valence-electron chi connectivity index (χ3n) is 5.12. The van der Waals surface area contributed by atoms with Crippen LogP contribution in [0, 0.1) is 0 Å². The van der Waals surface area contributed by atoms with E-state index in [2.05, 4.69) is 20.0 Å². The standard InChI is InChI=1S/C19H18ClN5O2/c20-13-1-2-16-15(9-13)23-19(27-16)12-4-7-24(8-5-12)11-14-10-18(26)25-17(22-14)3-6-21-25/h1-3,6,9-10,12,21H,4-5,7-8,11H2. The molecular weight excluding hydrogens is 366 g/mol. The monoisotopic (exact) mass is 383 g/mol. The highest BCUT2D eigenvalue weighted by Crippen LogP contribution is 2.31. The maximum Gasteiger partial charge on any atom is 0.272 e. The fraction of sp³-hybridized carbons (Fsp3) is 0.316. The van der Waals surface area contributed by atoms with Crippen molar-refractivity contribution in [3.63, 3.8) is 0 Å². The van der Waals surface area contributed by atoms with Gasteiger partial charge < -0.3 is 4.42 Å². The fourth-order valence-corrected chi connectivity index (χ4v) is 3.88. The Morgan fingerprint density at radius 1 is 1.19 bits per heavy atom. The zero-order valence-corrected chi connectivity index (χ0v) is 15.3. The number of fused-ring (bicyclic) bond motifs is 2. The second-order valence-corrected chi connectivity index (χ2v) is 7.39. The topological polar surface area (TPSA) is 79.4 Å². The number of nitrogens with one attached hydrogen (secondary N) is 1. The molecule has 1 aliphatic heterocycles. The molecular formula is C19H18ClN5O2. The number of hydrogen-bond donors (Lipinski definition) is 1. The molecule has 0 amide bonds. The molecule has 4 heterocycles. The van der Waals surface area contributed by atoms with Gasteiger partial charge in [-0.15, -0.1) is 0 Å². The number of hydrogen-bond acceptors (Lipinski definition) is 5. The summed E-state index contributed by atoms with van der Waals surface area (Å²) in [5, 5.41) is 3.53. The number of piperidine rings is 1. The molecule has 0 aliphatic carbocycles. The highest BCUT2D eigenvalue weighted by molar-refractivity contribution is 6.31. The van der Waals surface area contributed by atoms with Crippen LogP contribution in [0.3, 0.4) is 0 Å². The third kappa shape index (κ3) is 3.13. The van der Waals surface area contributed by atoms with E-state index in [4.69, 9.17) is 16.0 Å². The van der Waals surface area contributed by atoms with Crippen LogP contribution in [0.2, 0.25) is 5.02 Å². The van der Waals surface area contributed by atoms with Crippen LogP contribution < -0.4 is 5.56 Å². The van der Waals surface area contributed by atoms with Gasteiger partial charge in [0.1, 0.15) is 5.52 Å². The number of halogens is 1. The molecule has 0 unspecified atom stereocenters. The number of benzene rings is 1. The third-order valence-corrected chi connectivity index (χ3v) is 5.36. The highest BCUT2D eigenvalue weighted by Gasteiger charge is 2.25. The Kier molecular flexibility index (Phi) is 3.98. The molecule has 5 rings (SSSR count). The van der Waals surface area contributed by atoms with Crippen molar-refractivity contribution in [2.24, 2.45) is 0 Å². The minimum atomic E-state index is -0.0833. The van der Waals surface area contributed by atoms with Crippen molar-refractivity contribution in [1.82, 2.24) is 24.5 Å². The lowest BCUT2D eigenvalue weighted by atomic mass is 9.96. The Bertz CT molecular complexity index is 1170. The molecule has 0 radical (unpaired) electrons. The second-order valence-electron chi connectivity index (χ2n) is 6.96. The van der Waals surface area contributed by atoms with E-state index in [-0.39, 0.29) is 5.56 Å². The van der Waals surface area contributed by atoms with Gasteiger partial charge in [0.15, 0.2) is 17.1 Å². The first-order valence-electron chi connectivity index (χ1n) is 9.00. The van der Waals surface area contributed by atoms with Gasteiger partial charge in [0.2, 0.25) is 0 Å². The summed E-state index contributed by atoms with van der Waals surface area (Å²) in [7, 11) is 0. The largest absolute Gasteiger partial charge is 0.440 e. The van der Waals surface area contributed by atoms with Crippen LogP contribution in [-0.2, 0) is 6.54 Å². The molecule has 1 fully saturated rings. The highest BCUT2D eigenvalue weighted by atomic mass is 35.5.